The Bertz CT molecular complexity index is 544. The number of para-hydroxylation sites is 2. The van der Waals surface area contributed by atoms with E-state index in [1.54, 1.807) is 0 Å². The van der Waals surface area contributed by atoms with Crippen molar-refractivity contribution in [3.05, 3.63) is 30.1 Å². The summed E-state index contributed by atoms with van der Waals surface area (Å²) in [4.78, 5) is 4.66. The molecule has 2 aromatic rings. The Kier molecular flexibility index (Phi) is 3.08. The quantitative estimate of drug-likeness (QED) is 0.782. The van der Waals surface area contributed by atoms with Crippen LogP contribution in [-0.2, 0) is 0 Å². The lowest BCUT2D eigenvalue weighted by Gasteiger charge is -2.25. The molecule has 18 heavy (non-hydrogen) atoms. The maximum atomic E-state index is 6.38. The highest BCUT2D eigenvalue weighted by molar-refractivity contribution is 5.76. The normalized spacial score (nSPS) is 25.2. The van der Waals surface area contributed by atoms with Crippen molar-refractivity contribution in [1.29, 1.82) is 0 Å². The summed E-state index contributed by atoms with van der Waals surface area (Å²) < 4.78 is 2.37. The van der Waals surface area contributed by atoms with Crippen LogP contribution in [0, 0.1) is 6.92 Å². The van der Waals surface area contributed by atoms with Crippen molar-refractivity contribution in [2.75, 3.05) is 0 Å². The average Bonchev–Trinajstić information content (AvgIpc) is 2.55. The maximum absolute atomic E-state index is 6.38. The van der Waals surface area contributed by atoms with Gasteiger partial charge in [0.15, 0.2) is 0 Å². The third-order valence-electron chi connectivity index (χ3n) is 4.14. The molecule has 0 spiro atoms. The zero-order chi connectivity index (χ0) is 12.5. The minimum absolute atomic E-state index is 0.267. The van der Waals surface area contributed by atoms with Crippen molar-refractivity contribution < 1.29 is 0 Å². The second-order valence-electron chi connectivity index (χ2n) is 5.39. The van der Waals surface area contributed by atoms with Crippen LogP contribution < -0.4 is 5.73 Å². The molecule has 3 rings (SSSR count). The molecule has 1 fully saturated rings. The van der Waals surface area contributed by atoms with Crippen LogP contribution in [0.5, 0.6) is 0 Å². The summed E-state index contributed by atoms with van der Waals surface area (Å²) in [6.45, 7) is 2.09. The van der Waals surface area contributed by atoms with Gasteiger partial charge in [-0.2, -0.15) is 0 Å². The van der Waals surface area contributed by atoms with Gasteiger partial charge in [-0.15, -0.1) is 0 Å². The van der Waals surface area contributed by atoms with Crippen LogP contribution in [0.2, 0.25) is 0 Å². The van der Waals surface area contributed by atoms with E-state index in [2.05, 4.69) is 34.7 Å². The Morgan fingerprint density at radius 1 is 1.17 bits per heavy atom. The molecule has 2 N–H and O–H groups in total. The van der Waals surface area contributed by atoms with Crippen molar-refractivity contribution in [3.63, 3.8) is 0 Å². The molecule has 2 unspecified atom stereocenters. The highest BCUT2D eigenvalue weighted by Crippen LogP contribution is 2.30. The Labute approximate surface area is 108 Å². The minimum atomic E-state index is 0.267. The van der Waals surface area contributed by atoms with Crippen LogP contribution >= 0.6 is 0 Å². The van der Waals surface area contributed by atoms with Crippen LogP contribution in [0.3, 0.4) is 0 Å². The van der Waals surface area contributed by atoms with Gasteiger partial charge in [0, 0.05) is 6.04 Å². The molecule has 3 nitrogen and oxygen atoms in total. The second kappa shape index (κ2) is 4.73. The highest BCUT2D eigenvalue weighted by atomic mass is 15.1. The van der Waals surface area contributed by atoms with Crippen LogP contribution in [0.25, 0.3) is 11.0 Å². The second-order valence-corrected chi connectivity index (χ2v) is 5.39. The number of imidazole rings is 1. The van der Waals surface area contributed by atoms with Gasteiger partial charge >= 0.3 is 0 Å². The van der Waals surface area contributed by atoms with Gasteiger partial charge in [-0.1, -0.05) is 31.4 Å². The Balaban J connectivity index is 2.09. The average molecular weight is 243 g/mol. The smallest absolute Gasteiger partial charge is 0.107 e. The molecule has 3 heteroatoms. The Hall–Kier alpha value is -1.35. The number of aryl methyl sites for hydroxylation is 1. The van der Waals surface area contributed by atoms with Gasteiger partial charge in [-0.25, -0.2) is 4.98 Å². The predicted octanol–water partition coefficient (Wildman–Crippen LogP) is 3.18. The molecule has 1 aliphatic rings. The highest BCUT2D eigenvalue weighted by Gasteiger charge is 2.24. The summed E-state index contributed by atoms with van der Waals surface area (Å²) in [6.07, 6.45) is 6.18. The first-order chi connectivity index (χ1) is 8.77. The number of nitrogens with zero attached hydrogens (tertiary/aromatic N) is 2. The van der Waals surface area contributed by atoms with Gasteiger partial charge in [-0.05, 0) is 31.9 Å². The molecule has 0 saturated heterocycles. The lowest BCUT2D eigenvalue weighted by Crippen LogP contribution is -2.31. The van der Waals surface area contributed by atoms with E-state index in [1.165, 1.54) is 31.2 Å². The number of fused-ring (bicyclic) bond motifs is 1. The van der Waals surface area contributed by atoms with Crippen LogP contribution in [-0.4, -0.2) is 15.6 Å². The number of benzene rings is 1. The first kappa shape index (κ1) is 11.7. The number of hydrogen-bond acceptors (Lipinski definition) is 2. The van der Waals surface area contributed by atoms with Crippen molar-refractivity contribution in [1.82, 2.24) is 9.55 Å². The van der Waals surface area contributed by atoms with Crippen LogP contribution in [0.4, 0.5) is 0 Å². The zero-order valence-electron chi connectivity index (χ0n) is 11.0. The molecule has 0 amide bonds. The SMILES string of the molecule is Cc1nc2ccccc2n1C1CCCCCC1N. The topological polar surface area (TPSA) is 43.8 Å². The molecule has 1 heterocycles. The van der Waals surface area contributed by atoms with Crippen LogP contribution in [0.15, 0.2) is 24.3 Å². The van der Waals surface area contributed by atoms with E-state index < -0.39 is 0 Å². The van der Waals surface area contributed by atoms with Gasteiger partial charge in [0.1, 0.15) is 5.82 Å². The fourth-order valence-electron chi connectivity index (χ4n) is 3.22. The van der Waals surface area contributed by atoms with E-state index in [0.29, 0.717) is 6.04 Å². The van der Waals surface area contributed by atoms with E-state index in [-0.39, 0.29) is 6.04 Å². The van der Waals surface area contributed by atoms with Crippen molar-refractivity contribution in [3.8, 4) is 0 Å². The number of hydrogen-bond donors (Lipinski definition) is 1. The first-order valence-corrected chi connectivity index (χ1v) is 6.96. The third kappa shape index (κ3) is 1.93. The van der Waals surface area contributed by atoms with Gasteiger partial charge in [0.05, 0.1) is 17.1 Å². The number of rotatable bonds is 1. The maximum Gasteiger partial charge on any atom is 0.107 e. The van der Waals surface area contributed by atoms with E-state index in [9.17, 15) is 0 Å². The summed E-state index contributed by atoms with van der Waals surface area (Å²) in [6, 6.07) is 9.06. The molecule has 1 saturated carbocycles. The van der Waals surface area contributed by atoms with E-state index in [1.807, 2.05) is 6.07 Å². The standard InChI is InChI=1S/C15H21N3/c1-11-17-13-8-5-6-10-15(13)18(11)14-9-4-2-3-7-12(14)16/h5-6,8,10,12,14H,2-4,7,9,16H2,1H3. The zero-order valence-corrected chi connectivity index (χ0v) is 11.0. The molecule has 1 aliphatic carbocycles. The third-order valence-corrected chi connectivity index (χ3v) is 4.14. The minimum Gasteiger partial charge on any atom is -0.326 e. The molecule has 0 bridgehead atoms. The summed E-state index contributed by atoms with van der Waals surface area (Å²) >= 11 is 0. The van der Waals surface area contributed by atoms with Crippen molar-refractivity contribution >= 4 is 11.0 Å². The monoisotopic (exact) mass is 243 g/mol. The molecule has 2 atom stereocenters. The summed E-state index contributed by atoms with van der Waals surface area (Å²) in [5.74, 6) is 1.10. The fourth-order valence-corrected chi connectivity index (χ4v) is 3.22. The van der Waals surface area contributed by atoms with Crippen molar-refractivity contribution in [2.24, 2.45) is 5.73 Å². The number of nitrogens with two attached hydrogens (primary N) is 1. The molecule has 0 radical (unpaired) electrons. The molecule has 1 aromatic carbocycles. The fraction of sp³-hybridized carbons (Fsp3) is 0.533. The largest absolute Gasteiger partial charge is 0.326 e. The summed E-state index contributed by atoms with van der Waals surface area (Å²) in [5.41, 5.74) is 8.70. The molecule has 96 valence electrons. The lowest BCUT2D eigenvalue weighted by molar-refractivity contribution is 0.390. The molecular weight excluding hydrogens is 222 g/mol. The summed E-state index contributed by atoms with van der Waals surface area (Å²) in [5, 5.41) is 0. The number of aromatic nitrogens is 2. The van der Waals surface area contributed by atoms with E-state index in [4.69, 9.17) is 5.73 Å². The van der Waals surface area contributed by atoms with Crippen molar-refractivity contribution in [2.45, 2.75) is 51.1 Å². The van der Waals surface area contributed by atoms with E-state index >= 15 is 0 Å². The van der Waals surface area contributed by atoms with Crippen LogP contribution in [0.1, 0.15) is 44.0 Å². The Morgan fingerprint density at radius 3 is 2.83 bits per heavy atom. The molecule has 1 aromatic heterocycles. The lowest BCUT2D eigenvalue weighted by atomic mass is 10.0. The predicted molar refractivity (Wildman–Crippen MR) is 74.6 cm³/mol. The van der Waals surface area contributed by atoms with Gasteiger partial charge in [0.25, 0.3) is 0 Å². The molecular formula is C15H21N3. The summed E-state index contributed by atoms with van der Waals surface area (Å²) in [7, 11) is 0. The first-order valence-electron chi connectivity index (χ1n) is 6.96. The van der Waals surface area contributed by atoms with E-state index in [0.717, 1.165) is 17.8 Å². The van der Waals surface area contributed by atoms with Gasteiger partial charge < -0.3 is 10.3 Å². The van der Waals surface area contributed by atoms with Gasteiger partial charge in [-0.3, -0.25) is 0 Å². The Morgan fingerprint density at radius 2 is 1.94 bits per heavy atom. The van der Waals surface area contributed by atoms with Gasteiger partial charge in [0.2, 0.25) is 0 Å². The molecule has 0 aliphatic heterocycles.